The van der Waals surface area contributed by atoms with E-state index in [1.165, 1.54) is 45.0 Å². The number of nitrogens with two attached hydrogens (primary N) is 1. The molecule has 0 radical (unpaired) electrons. The molecule has 0 aliphatic rings. The number of aliphatic hydroxyl groups excluding tert-OH is 1. The normalized spacial score (nSPS) is 15.8. The largest absolute Gasteiger partial charge is 0.508 e. The molecule has 0 spiro atoms. The Morgan fingerprint density at radius 1 is 0.486 bits per heavy atom. The molecule has 1 rings (SSSR count). The predicted molar refractivity (Wildman–Crippen MR) is 277 cm³/mol. The van der Waals surface area contributed by atoms with Gasteiger partial charge in [-0.15, -0.1) is 0 Å². The number of nitrogens with one attached hydrogen (secondary N) is 8. The first-order valence-electron chi connectivity index (χ1n) is 25.5. The molecule has 0 bridgehead atoms. The highest BCUT2D eigenvalue weighted by Crippen LogP contribution is 2.15. The highest BCUT2D eigenvalue weighted by Gasteiger charge is 2.37. The van der Waals surface area contributed by atoms with Gasteiger partial charge in [0.15, 0.2) is 0 Å². The number of amides is 8. The smallest absolute Gasteiger partial charge is 0.377 e. The summed E-state index contributed by atoms with van der Waals surface area (Å²) in [5.74, 6) is -9.69. The number of ether oxygens (including phenoxy) is 1. The lowest BCUT2D eigenvalue weighted by molar-refractivity contribution is -0.163. The Balaban J connectivity index is 3.41. The summed E-state index contributed by atoms with van der Waals surface area (Å²) in [5.41, 5.74) is 5.58. The van der Waals surface area contributed by atoms with Gasteiger partial charge in [0.1, 0.15) is 53.6 Å². The fourth-order valence-electron chi connectivity index (χ4n) is 7.41. The van der Waals surface area contributed by atoms with Gasteiger partial charge in [0.25, 0.3) is 5.78 Å². The number of phenols is 1. The predicted octanol–water partition coefficient (Wildman–Crippen LogP) is 0.922. The number of aromatic hydroxyl groups is 1. The monoisotopic (exact) mass is 1050 g/mol. The molecular formula is C52H87N9O13. The third-order valence-electron chi connectivity index (χ3n) is 11.4. The molecular weight excluding hydrogens is 959 g/mol. The molecule has 22 nitrogen and oxygen atoms in total. The average molecular weight is 1050 g/mol. The second-order valence-corrected chi connectivity index (χ2v) is 22.1. The van der Waals surface area contributed by atoms with Crippen LogP contribution in [0.4, 0.5) is 0 Å². The number of rotatable bonds is 29. The van der Waals surface area contributed by atoms with Gasteiger partial charge in [-0.2, -0.15) is 0 Å². The van der Waals surface area contributed by atoms with E-state index < -0.39 is 137 Å². The molecule has 418 valence electrons. The van der Waals surface area contributed by atoms with Crippen LogP contribution in [-0.4, -0.2) is 135 Å². The number of Topliss-reactive ketones (excluding diaryl/α,β-unsaturated/α-hetero) is 1. The zero-order valence-corrected chi connectivity index (χ0v) is 46.3. The summed E-state index contributed by atoms with van der Waals surface area (Å²) < 4.78 is 5.11. The first kappa shape index (κ1) is 65.9. The van der Waals surface area contributed by atoms with Gasteiger partial charge in [-0.1, -0.05) is 81.4 Å². The lowest BCUT2D eigenvalue weighted by atomic mass is 9.98. The molecule has 0 saturated heterocycles. The molecule has 0 heterocycles. The molecule has 0 saturated carbocycles. The summed E-state index contributed by atoms with van der Waals surface area (Å²) in [6.07, 6.45) is -1.23. The van der Waals surface area contributed by atoms with Crippen LogP contribution in [-0.2, 0) is 59.1 Å². The zero-order valence-electron chi connectivity index (χ0n) is 46.3. The SMILES string of the molecule is CC(C)C[C@H](NC(=O)[C@H](Cc1ccc(O)cc1)NC(=O)[C@@H](NC(=O)[C@H](CC(C)C)NC(=O)[C@@H](NC(=O)[C@@H](N)CC(C)C)C(C)C)[C@@H](C)O)C(=O)N[C@@H](C)C(=O)N[C@H](C(=O)N[C@@H](C)C(=O)C(=O)OC(C)(C)C)C(C)C. The molecule has 74 heavy (non-hydrogen) atoms. The Kier molecular flexibility index (Phi) is 26.9. The maximum atomic E-state index is 14.3. The van der Waals surface area contributed by atoms with Crippen molar-refractivity contribution in [2.45, 2.75) is 203 Å². The van der Waals surface area contributed by atoms with Gasteiger partial charge in [0.05, 0.1) is 18.2 Å². The Morgan fingerprint density at radius 2 is 0.865 bits per heavy atom. The number of phenolic OH excluding ortho intramolecular Hbond substituents is 1. The van der Waals surface area contributed by atoms with Crippen LogP contribution in [0.1, 0.15) is 136 Å². The topological polar surface area (TPSA) is 343 Å². The van der Waals surface area contributed by atoms with Gasteiger partial charge in [-0.25, -0.2) is 4.79 Å². The molecule has 10 atom stereocenters. The molecule has 1 aromatic carbocycles. The summed E-state index contributed by atoms with van der Waals surface area (Å²) in [6, 6.07) is -5.68. The third kappa shape index (κ3) is 23.4. The van der Waals surface area contributed by atoms with Crippen LogP contribution in [0.25, 0.3) is 0 Å². The van der Waals surface area contributed by atoms with Crippen molar-refractivity contribution in [3.63, 3.8) is 0 Å². The minimum absolute atomic E-state index is 0.0494. The van der Waals surface area contributed by atoms with Crippen LogP contribution in [0.2, 0.25) is 0 Å². The van der Waals surface area contributed by atoms with E-state index in [9.17, 15) is 58.2 Å². The van der Waals surface area contributed by atoms with Crippen molar-refractivity contribution in [3.05, 3.63) is 29.8 Å². The van der Waals surface area contributed by atoms with E-state index in [-0.39, 0.29) is 42.8 Å². The number of carbonyl (C=O) groups is 10. The number of hydrogen-bond acceptors (Lipinski definition) is 14. The van der Waals surface area contributed by atoms with E-state index in [0.717, 1.165) is 0 Å². The number of hydrogen-bond donors (Lipinski definition) is 11. The number of esters is 1. The molecule has 8 amide bonds. The van der Waals surface area contributed by atoms with Crippen molar-refractivity contribution in [1.82, 2.24) is 42.5 Å². The standard InChI is InChI=1S/C52H87N9O13/c1-25(2)21-35(53)44(66)60-40(29(9)10)49(71)57-37(23-27(5)6)47(69)61-41(32(13)62)50(72)58-38(24-33-17-19-34(63)20-18-33)46(68)56-36(22-26(3)4)45(67)55-31(12)43(65)59-39(28(7)8)48(70)54-30(11)42(64)51(73)74-52(14,15)16/h17-20,25-32,35-41,62-63H,21-24,53H2,1-16H3,(H,54,70)(H,55,67)(H,56,68)(H,57,71)(H,58,72)(H,59,65)(H,60,66)(H,61,69)/t30-,31-,32+,35-,36-,37-,38-,39-,40-,41-/m0/s1. The Bertz CT molecular complexity index is 2090. The third-order valence-corrected chi connectivity index (χ3v) is 11.4. The summed E-state index contributed by atoms with van der Waals surface area (Å²) >= 11 is 0. The molecule has 0 fully saturated rings. The summed E-state index contributed by atoms with van der Waals surface area (Å²) in [5, 5.41) is 41.6. The average Bonchev–Trinajstić information content (AvgIpc) is 3.26. The number of ketones is 1. The van der Waals surface area contributed by atoms with Crippen LogP contribution < -0.4 is 48.3 Å². The second kappa shape index (κ2) is 30.3. The molecule has 22 heteroatoms. The van der Waals surface area contributed by atoms with Crippen molar-refractivity contribution in [2.75, 3.05) is 0 Å². The van der Waals surface area contributed by atoms with Crippen LogP contribution in [0.3, 0.4) is 0 Å². The number of benzene rings is 1. The van der Waals surface area contributed by atoms with Gasteiger partial charge >= 0.3 is 5.97 Å². The highest BCUT2D eigenvalue weighted by molar-refractivity contribution is 6.36. The quantitative estimate of drug-likeness (QED) is 0.0393. The lowest BCUT2D eigenvalue weighted by Crippen LogP contribution is -2.62. The van der Waals surface area contributed by atoms with Crippen LogP contribution in [0.5, 0.6) is 5.75 Å². The second-order valence-electron chi connectivity index (χ2n) is 22.1. The van der Waals surface area contributed by atoms with Gasteiger partial charge in [-0.05, 0) is 108 Å². The van der Waals surface area contributed by atoms with Crippen molar-refractivity contribution in [2.24, 2.45) is 35.3 Å². The molecule has 12 N–H and O–H groups in total. The summed E-state index contributed by atoms with van der Waals surface area (Å²) in [6.45, 7) is 26.3. The molecule has 0 aliphatic carbocycles. The Morgan fingerprint density at radius 3 is 1.31 bits per heavy atom. The van der Waals surface area contributed by atoms with Crippen LogP contribution in [0.15, 0.2) is 24.3 Å². The van der Waals surface area contributed by atoms with Crippen molar-refractivity contribution in [1.29, 1.82) is 0 Å². The molecule has 0 aliphatic heterocycles. The number of carbonyl (C=O) groups excluding carboxylic acids is 10. The fraction of sp³-hybridized carbons (Fsp3) is 0.692. The van der Waals surface area contributed by atoms with Crippen molar-refractivity contribution in [3.8, 4) is 5.75 Å². The first-order chi connectivity index (χ1) is 34.0. The van der Waals surface area contributed by atoms with E-state index in [1.807, 2.05) is 13.8 Å². The molecule has 0 aromatic heterocycles. The Hall–Kier alpha value is -6.16. The maximum Gasteiger partial charge on any atom is 0.377 e. The first-order valence-corrected chi connectivity index (χ1v) is 25.5. The van der Waals surface area contributed by atoms with E-state index in [0.29, 0.717) is 12.0 Å². The minimum Gasteiger partial charge on any atom is -0.508 e. The summed E-state index contributed by atoms with van der Waals surface area (Å²) in [7, 11) is 0. The minimum atomic E-state index is -1.68. The lowest BCUT2D eigenvalue weighted by Gasteiger charge is -2.30. The molecule has 0 unspecified atom stereocenters. The fourth-order valence-corrected chi connectivity index (χ4v) is 7.41. The zero-order chi connectivity index (χ0) is 57.1. The number of aliphatic hydroxyl groups is 1. The van der Waals surface area contributed by atoms with Gasteiger partial charge in [0, 0.05) is 6.42 Å². The van der Waals surface area contributed by atoms with E-state index in [2.05, 4.69) is 42.5 Å². The maximum absolute atomic E-state index is 14.3. The molecule has 1 aromatic rings. The Labute approximate surface area is 436 Å². The van der Waals surface area contributed by atoms with Crippen molar-refractivity contribution < 1.29 is 62.9 Å². The van der Waals surface area contributed by atoms with E-state index >= 15 is 0 Å². The van der Waals surface area contributed by atoms with Crippen LogP contribution >= 0.6 is 0 Å². The highest BCUT2D eigenvalue weighted by atomic mass is 16.6. The van der Waals surface area contributed by atoms with Gasteiger partial charge in [-0.3, -0.25) is 43.2 Å². The van der Waals surface area contributed by atoms with Crippen molar-refractivity contribution >= 4 is 59.0 Å². The van der Waals surface area contributed by atoms with Gasteiger partial charge in [0.2, 0.25) is 47.3 Å². The van der Waals surface area contributed by atoms with Gasteiger partial charge < -0.3 is 63.2 Å². The van der Waals surface area contributed by atoms with E-state index in [1.54, 1.807) is 76.2 Å². The van der Waals surface area contributed by atoms with Crippen LogP contribution in [0, 0.1) is 29.6 Å². The van der Waals surface area contributed by atoms with E-state index in [4.69, 9.17) is 10.5 Å². The summed E-state index contributed by atoms with van der Waals surface area (Å²) in [4.78, 5) is 135.